The SMILES string of the molecule is C=CCOc1c(CCCCC)cc(CCCCC)cc1[Si](C)(C)C1=Cc2ccccc2C1. The van der Waals surface area contributed by atoms with Gasteiger partial charge in [0.1, 0.15) is 20.4 Å². The van der Waals surface area contributed by atoms with Gasteiger partial charge in [0, 0.05) is 0 Å². The normalized spacial score (nSPS) is 13.1. The molecule has 2 aromatic rings. The first kappa shape index (κ1) is 24.6. The lowest BCUT2D eigenvalue weighted by Crippen LogP contribution is -2.45. The maximum absolute atomic E-state index is 6.44. The van der Waals surface area contributed by atoms with E-state index in [-0.39, 0.29) is 0 Å². The van der Waals surface area contributed by atoms with Crippen molar-refractivity contribution >= 4 is 19.3 Å². The summed E-state index contributed by atoms with van der Waals surface area (Å²) in [5.74, 6) is 1.16. The summed E-state index contributed by atoms with van der Waals surface area (Å²) in [4.78, 5) is 0. The zero-order valence-corrected chi connectivity index (χ0v) is 21.8. The van der Waals surface area contributed by atoms with E-state index in [4.69, 9.17) is 4.74 Å². The lowest BCUT2D eigenvalue weighted by molar-refractivity contribution is 0.361. The number of hydrogen-bond acceptors (Lipinski definition) is 1. The molecular weight excluding hydrogens is 404 g/mol. The van der Waals surface area contributed by atoms with E-state index in [1.54, 1.807) is 5.20 Å². The number of allylic oxidation sites excluding steroid dienone is 1. The van der Waals surface area contributed by atoms with Crippen LogP contribution in [0.1, 0.15) is 74.6 Å². The second-order valence-corrected chi connectivity index (χ2v) is 14.2. The first-order chi connectivity index (χ1) is 15.5. The third kappa shape index (κ3) is 5.84. The first-order valence-electron chi connectivity index (χ1n) is 12.7. The molecule has 0 aliphatic heterocycles. The van der Waals surface area contributed by atoms with E-state index in [1.807, 2.05) is 6.08 Å². The minimum atomic E-state index is -1.89. The third-order valence-corrected chi connectivity index (χ3v) is 10.6. The van der Waals surface area contributed by atoms with Crippen LogP contribution in [0.25, 0.3) is 6.08 Å². The average Bonchev–Trinajstić information content (AvgIpc) is 3.24. The van der Waals surface area contributed by atoms with Crippen molar-refractivity contribution in [2.24, 2.45) is 0 Å². The van der Waals surface area contributed by atoms with Crippen molar-refractivity contribution in [3.05, 3.63) is 76.5 Å². The summed E-state index contributed by atoms with van der Waals surface area (Å²) < 4.78 is 6.44. The third-order valence-electron chi connectivity index (χ3n) is 6.93. The molecule has 0 bridgehead atoms. The molecule has 0 saturated heterocycles. The Hall–Kier alpha value is -2.06. The van der Waals surface area contributed by atoms with Crippen molar-refractivity contribution in [3.8, 4) is 5.75 Å². The van der Waals surface area contributed by atoms with Gasteiger partial charge in [0.2, 0.25) is 0 Å². The van der Waals surface area contributed by atoms with Crippen LogP contribution < -0.4 is 9.92 Å². The van der Waals surface area contributed by atoms with Gasteiger partial charge in [-0.3, -0.25) is 0 Å². The first-order valence-corrected chi connectivity index (χ1v) is 15.7. The van der Waals surface area contributed by atoms with E-state index < -0.39 is 8.07 Å². The predicted octanol–water partition coefficient (Wildman–Crippen LogP) is 7.81. The Balaban J connectivity index is 2.04. The summed E-state index contributed by atoms with van der Waals surface area (Å²) >= 11 is 0. The highest BCUT2D eigenvalue weighted by molar-refractivity contribution is 6.96. The van der Waals surface area contributed by atoms with Crippen LogP contribution in [0.2, 0.25) is 13.1 Å². The second-order valence-electron chi connectivity index (χ2n) is 9.82. The summed E-state index contributed by atoms with van der Waals surface area (Å²) in [7, 11) is -1.89. The quantitative estimate of drug-likeness (QED) is 0.173. The largest absolute Gasteiger partial charge is 0.489 e. The Morgan fingerprint density at radius 1 is 0.969 bits per heavy atom. The van der Waals surface area contributed by atoms with Gasteiger partial charge in [0.15, 0.2) is 0 Å². The van der Waals surface area contributed by atoms with Crippen LogP contribution in [0.4, 0.5) is 0 Å². The highest BCUT2D eigenvalue weighted by atomic mass is 28.3. The van der Waals surface area contributed by atoms with E-state index in [0.717, 1.165) is 18.6 Å². The molecule has 0 N–H and O–H groups in total. The molecule has 0 saturated carbocycles. The molecule has 0 spiro atoms. The zero-order chi connectivity index (χ0) is 23.0. The smallest absolute Gasteiger partial charge is 0.122 e. The van der Waals surface area contributed by atoms with Crippen molar-refractivity contribution in [2.75, 3.05) is 6.61 Å². The van der Waals surface area contributed by atoms with Crippen molar-refractivity contribution in [1.82, 2.24) is 0 Å². The van der Waals surface area contributed by atoms with Gasteiger partial charge in [-0.2, -0.15) is 0 Å². The van der Waals surface area contributed by atoms with E-state index >= 15 is 0 Å². The van der Waals surface area contributed by atoms with Crippen molar-refractivity contribution in [2.45, 2.75) is 84.7 Å². The molecule has 0 heterocycles. The molecule has 2 heteroatoms. The Morgan fingerprint density at radius 2 is 1.69 bits per heavy atom. The molecule has 32 heavy (non-hydrogen) atoms. The van der Waals surface area contributed by atoms with Crippen molar-refractivity contribution < 1.29 is 4.74 Å². The van der Waals surface area contributed by atoms with Crippen LogP contribution in [0.15, 0.2) is 54.2 Å². The van der Waals surface area contributed by atoms with Crippen LogP contribution >= 0.6 is 0 Å². The van der Waals surface area contributed by atoms with E-state index in [1.165, 1.54) is 72.4 Å². The fourth-order valence-corrected chi connectivity index (χ4v) is 7.70. The number of fused-ring (bicyclic) bond motifs is 1. The molecular formula is C30H42OSi. The molecule has 0 unspecified atom stereocenters. The zero-order valence-electron chi connectivity index (χ0n) is 20.8. The molecule has 0 atom stereocenters. The summed E-state index contributed by atoms with van der Waals surface area (Å²) in [5, 5.41) is 3.10. The number of aryl methyl sites for hydroxylation is 2. The van der Waals surface area contributed by atoms with Crippen LogP contribution in [0.3, 0.4) is 0 Å². The van der Waals surface area contributed by atoms with Gasteiger partial charge in [0.05, 0.1) is 0 Å². The van der Waals surface area contributed by atoms with Crippen LogP contribution in [0.5, 0.6) is 5.75 Å². The highest BCUT2D eigenvalue weighted by Gasteiger charge is 2.35. The van der Waals surface area contributed by atoms with Crippen LogP contribution in [-0.2, 0) is 19.3 Å². The lowest BCUT2D eigenvalue weighted by Gasteiger charge is -2.29. The van der Waals surface area contributed by atoms with E-state index in [2.05, 4.69) is 76.0 Å². The molecule has 2 aromatic carbocycles. The molecule has 1 aliphatic carbocycles. The molecule has 1 aliphatic rings. The number of ether oxygens (including phenoxy) is 1. The molecule has 1 nitrogen and oxygen atoms in total. The number of hydrogen-bond donors (Lipinski definition) is 0. The topological polar surface area (TPSA) is 9.23 Å². The number of unbranched alkanes of at least 4 members (excludes halogenated alkanes) is 4. The van der Waals surface area contributed by atoms with Crippen molar-refractivity contribution in [1.29, 1.82) is 0 Å². The Morgan fingerprint density at radius 3 is 2.38 bits per heavy atom. The molecule has 172 valence electrons. The standard InChI is InChI=1S/C30H42OSi/c1-6-9-11-15-24-20-27(18-12-10-7-2)30(31-19-8-3)29(21-24)32(4,5)28-22-25-16-13-14-17-26(25)23-28/h8,13-14,16-17,20-22H,3,6-7,9-12,15,18-19,23H2,1-2,4-5H3. The van der Waals surface area contributed by atoms with Gasteiger partial charge < -0.3 is 4.74 Å². The maximum Gasteiger partial charge on any atom is 0.122 e. The minimum Gasteiger partial charge on any atom is -0.489 e. The Labute approximate surface area is 197 Å². The monoisotopic (exact) mass is 446 g/mol. The predicted molar refractivity (Wildman–Crippen MR) is 144 cm³/mol. The number of benzene rings is 2. The molecule has 0 amide bonds. The van der Waals surface area contributed by atoms with Gasteiger partial charge in [-0.15, -0.1) is 0 Å². The molecule has 0 fully saturated rings. The number of rotatable bonds is 13. The van der Waals surface area contributed by atoms with Crippen LogP contribution in [0, 0.1) is 0 Å². The van der Waals surface area contributed by atoms with E-state index in [0.29, 0.717) is 6.61 Å². The van der Waals surface area contributed by atoms with Gasteiger partial charge in [0.25, 0.3) is 0 Å². The summed E-state index contributed by atoms with van der Waals surface area (Å²) in [6.07, 6.45) is 15.3. The highest BCUT2D eigenvalue weighted by Crippen LogP contribution is 2.34. The fraction of sp³-hybridized carbons (Fsp3) is 0.467. The lowest BCUT2D eigenvalue weighted by atomic mass is 10.00. The van der Waals surface area contributed by atoms with Gasteiger partial charge in [-0.25, -0.2) is 0 Å². The summed E-state index contributed by atoms with van der Waals surface area (Å²) in [6, 6.07) is 13.8. The molecule has 3 rings (SSSR count). The van der Waals surface area contributed by atoms with Gasteiger partial charge >= 0.3 is 0 Å². The van der Waals surface area contributed by atoms with Crippen molar-refractivity contribution in [3.63, 3.8) is 0 Å². The molecule has 0 radical (unpaired) electrons. The van der Waals surface area contributed by atoms with Crippen LogP contribution in [-0.4, -0.2) is 14.7 Å². The summed E-state index contributed by atoms with van der Waals surface area (Å²) in [6.45, 7) is 14.1. The van der Waals surface area contributed by atoms with Gasteiger partial charge in [-0.1, -0.05) is 113 Å². The summed E-state index contributed by atoms with van der Waals surface area (Å²) in [5.41, 5.74) is 5.79. The van der Waals surface area contributed by atoms with E-state index in [9.17, 15) is 0 Å². The Kier molecular flexibility index (Phi) is 8.99. The molecule has 0 aromatic heterocycles. The minimum absolute atomic E-state index is 0.576. The Bertz CT molecular complexity index is 938. The fourth-order valence-electron chi connectivity index (χ4n) is 4.86. The van der Waals surface area contributed by atoms with Gasteiger partial charge in [-0.05, 0) is 59.5 Å². The second kappa shape index (κ2) is 11.7. The maximum atomic E-state index is 6.44. The average molecular weight is 447 g/mol.